The van der Waals surface area contributed by atoms with Gasteiger partial charge in [-0.05, 0) is 60.8 Å². The maximum Gasteiger partial charge on any atom is 0.161 e. The van der Waals surface area contributed by atoms with Crippen LogP contribution in [-0.4, -0.2) is 50.7 Å². The van der Waals surface area contributed by atoms with Crippen LogP contribution in [0.2, 0.25) is 0 Å². The molecule has 154 valence electrons. The predicted molar refractivity (Wildman–Crippen MR) is 105 cm³/mol. The van der Waals surface area contributed by atoms with Crippen LogP contribution in [0.25, 0.3) is 0 Å². The second kappa shape index (κ2) is 12.0. The molecule has 1 saturated heterocycles. The van der Waals surface area contributed by atoms with Gasteiger partial charge in [0, 0.05) is 21.3 Å². The Balaban J connectivity index is -0.000000264. The molecule has 0 aliphatic carbocycles. The number of carbonyl (C=O) groups excluding carboxylic acids is 1. The Kier molecular flexibility index (Phi) is 14.1. The summed E-state index contributed by atoms with van der Waals surface area (Å²) in [4.78, 5) is 9.44. The molecule has 0 atom stereocenters. The number of Topliss-reactive ketones (excluding diaryl/α,β-unsaturated/α-hetero) is 1. The third kappa shape index (κ3) is 21.5. The predicted octanol–water partition coefficient (Wildman–Crippen LogP) is 4.86. The van der Waals surface area contributed by atoms with Crippen molar-refractivity contribution in [3.63, 3.8) is 0 Å². The van der Waals surface area contributed by atoms with E-state index < -0.39 is 5.79 Å². The quantitative estimate of drug-likeness (QED) is 0.528. The van der Waals surface area contributed by atoms with Crippen molar-refractivity contribution in [2.24, 2.45) is 5.41 Å². The van der Waals surface area contributed by atoms with Crippen molar-refractivity contribution in [2.75, 3.05) is 27.9 Å². The maximum absolute atomic E-state index is 9.44. The molecule has 0 N–H and O–H groups in total. The van der Waals surface area contributed by atoms with Gasteiger partial charge in [0.05, 0.1) is 17.8 Å². The molecule has 0 saturated carbocycles. The molecule has 1 aliphatic heterocycles. The number of epoxide rings is 1. The van der Waals surface area contributed by atoms with E-state index in [1.807, 2.05) is 13.8 Å². The van der Waals surface area contributed by atoms with Gasteiger partial charge in [0.25, 0.3) is 0 Å². The highest BCUT2D eigenvalue weighted by Crippen LogP contribution is 2.46. The van der Waals surface area contributed by atoms with Crippen LogP contribution in [0, 0.1) is 5.41 Å². The van der Waals surface area contributed by atoms with Gasteiger partial charge in [0.15, 0.2) is 5.79 Å². The zero-order valence-corrected chi connectivity index (χ0v) is 19.2. The molecule has 0 amide bonds. The number of carbonyl (C=O) groups is 1. The second-order valence-corrected chi connectivity index (χ2v) is 8.83. The van der Waals surface area contributed by atoms with Crippen LogP contribution < -0.4 is 0 Å². The Morgan fingerprint density at radius 2 is 1.08 bits per heavy atom. The number of hydrogen-bond acceptors (Lipinski definition) is 5. The maximum atomic E-state index is 9.44. The Bertz CT molecular complexity index is 327. The zero-order chi connectivity index (χ0) is 21.1. The Morgan fingerprint density at radius 1 is 0.840 bits per heavy atom. The van der Waals surface area contributed by atoms with Gasteiger partial charge in [-0.3, -0.25) is 0 Å². The summed E-state index contributed by atoms with van der Waals surface area (Å²) in [6, 6.07) is 0. The van der Waals surface area contributed by atoms with E-state index in [0.29, 0.717) is 5.41 Å². The lowest BCUT2D eigenvalue weighted by Crippen LogP contribution is -2.24. The van der Waals surface area contributed by atoms with E-state index in [2.05, 4.69) is 48.5 Å². The normalized spacial score (nSPS) is 16.9. The number of ether oxygens (including phenoxy) is 4. The van der Waals surface area contributed by atoms with Crippen molar-refractivity contribution in [2.45, 2.75) is 93.2 Å². The van der Waals surface area contributed by atoms with Crippen LogP contribution in [0.15, 0.2) is 0 Å². The SMILES string of the molecule is CC(C)=O.CC1(C)OC1(C)C.COC(C)(C)OC.COCC(C)(C)C. The smallest absolute Gasteiger partial charge is 0.161 e. The molecule has 0 aromatic rings. The highest BCUT2D eigenvalue weighted by molar-refractivity contribution is 5.72. The molecule has 1 aliphatic rings. The van der Waals surface area contributed by atoms with Gasteiger partial charge in [-0.25, -0.2) is 0 Å². The molecule has 1 fully saturated rings. The van der Waals surface area contributed by atoms with E-state index in [1.54, 1.807) is 21.3 Å². The first-order valence-corrected chi connectivity index (χ1v) is 8.64. The molecule has 5 heteroatoms. The fourth-order valence-corrected chi connectivity index (χ4v) is 1.13. The lowest BCUT2D eigenvalue weighted by Gasteiger charge is -2.19. The van der Waals surface area contributed by atoms with Crippen molar-refractivity contribution >= 4 is 5.78 Å². The summed E-state index contributed by atoms with van der Waals surface area (Å²) in [5.41, 5.74) is 0.620. The average molecular weight is 365 g/mol. The van der Waals surface area contributed by atoms with E-state index in [1.165, 1.54) is 13.8 Å². The number of methoxy groups -OCH3 is 3. The van der Waals surface area contributed by atoms with Gasteiger partial charge < -0.3 is 23.7 Å². The minimum absolute atomic E-state index is 0.146. The molecule has 0 spiro atoms. The van der Waals surface area contributed by atoms with E-state index in [0.717, 1.165) is 6.61 Å². The van der Waals surface area contributed by atoms with E-state index >= 15 is 0 Å². The van der Waals surface area contributed by atoms with Crippen molar-refractivity contribution in [1.29, 1.82) is 0 Å². The molecule has 5 nitrogen and oxygen atoms in total. The molecular weight excluding hydrogens is 320 g/mol. The first-order valence-electron chi connectivity index (χ1n) is 8.64. The molecule has 0 aromatic carbocycles. The fourth-order valence-electron chi connectivity index (χ4n) is 1.13. The highest BCUT2D eigenvalue weighted by Gasteiger charge is 2.55. The largest absolute Gasteiger partial charge is 0.384 e. The fraction of sp³-hybridized carbons (Fsp3) is 0.950. The van der Waals surface area contributed by atoms with Crippen LogP contribution in [0.1, 0.15) is 76.2 Å². The van der Waals surface area contributed by atoms with Crippen LogP contribution in [0.3, 0.4) is 0 Å². The van der Waals surface area contributed by atoms with Gasteiger partial charge in [-0.15, -0.1) is 0 Å². The number of hydrogen-bond donors (Lipinski definition) is 0. The summed E-state index contributed by atoms with van der Waals surface area (Å²) >= 11 is 0. The molecule has 0 unspecified atom stereocenters. The number of ketones is 1. The third-order valence-corrected chi connectivity index (χ3v) is 3.48. The Labute approximate surface area is 156 Å². The van der Waals surface area contributed by atoms with Gasteiger partial charge in [-0.1, -0.05) is 20.8 Å². The summed E-state index contributed by atoms with van der Waals surface area (Å²) in [5, 5.41) is 0. The summed E-state index contributed by atoms with van der Waals surface area (Å²) in [6.45, 7) is 22.5. The monoisotopic (exact) mass is 364 g/mol. The van der Waals surface area contributed by atoms with Crippen LogP contribution in [-0.2, 0) is 23.7 Å². The van der Waals surface area contributed by atoms with Gasteiger partial charge in [0.2, 0.25) is 0 Å². The molecular formula is C20H44O5. The second-order valence-electron chi connectivity index (χ2n) is 8.83. The van der Waals surface area contributed by atoms with Crippen molar-refractivity contribution in [1.82, 2.24) is 0 Å². The van der Waals surface area contributed by atoms with Gasteiger partial charge in [0.1, 0.15) is 5.78 Å². The van der Waals surface area contributed by atoms with Crippen LogP contribution >= 0.6 is 0 Å². The lowest BCUT2D eigenvalue weighted by molar-refractivity contribution is -0.178. The van der Waals surface area contributed by atoms with Crippen LogP contribution in [0.5, 0.6) is 0 Å². The molecule has 0 radical (unpaired) electrons. The summed E-state index contributed by atoms with van der Waals surface area (Å²) in [6.07, 6.45) is 0. The standard InChI is InChI=1S/C6H12O.C6H14O.C5H12O2.C3H6O/c1-5(2)6(3,4)7-5;1-6(2,3)5-7-4;1-5(2,6-3)7-4;1-3(2)4/h1-4H3;5H2,1-4H3;1-4H3;1-2H3. The van der Waals surface area contributed by atoms with Gasteiger partial charge in [-0.2, -0.15) is 0 Å². The highest BCUT2D eigenvalue weighted by atomic mass is 16.7. The Morgan fingerprint density at radius 3 is 1.08 bits per heavy atom. The van der Waals surface area contributed by atoms with Crippen molar-refractivity contribution in [3.8, 4) is 0 Å². The third-order valence-electron chi connectivity index (χ3n) is 3.48. The summed E-state index contributed by atoms with van der Waals surface area (Å²) in [5.74, 6) is -0.250. The minimum Gasteiger partial charge on any atom is -0.384 e. The zero-order valence-electron chi connectivity index (χ0n) is 19.2. The molecule has 0 aromatic heterocycles. The van der Waals surface area contributed by atoms with Crippen molar-refractivity contribution < 1.29 is 23.7 Å². The van der Waals surface area contributed by atoms with E-state index in [4.69, 9.17) is 18.9 Å². The molecule has 1 heterocycles. The molecule has 25 heavy (non-hydrogen) atoms. The van der Waals surface area contributed by atoms with Crippen LogP contribution in [0.4, 0.5) is 0 Å². The average Bonchev–Trinajstić information content (AvgIpc) is 2.84. The molecule has 0 bridgehead atoms. The van der Waals surface area contributed by atoms with E-state index in [9.17, 15) is 4.79 Å². The first-order chi connectivity index (χ1) is 10.9. The van der Waals surface area contributed by atoms with Crippen molar-refractivity contribution in [3.05, 3.63) is 0 Å². The number of rotatable bonds is 3. The lowest BCUT2D eigenvalue weighted by atomic mass is 9.99. The minimum atomic E-state index is -0.417. The molecule has 1 rings (SSSR count). The Hall–Kier alpha value is -0.490. The first kappa shape index (κ1) is 29.3. The van der Waals surface area contributed by atoms with E-state index in [-0.39, 0.29) is 17.0 Å². The topological polar surface area (TPSA) is 57.3 Å². The summed E-state index contributed by atoms with van der Waals surface area (Å²) < 4.78 is 19.9. The summed E-state index contributed by atoms with van der Waals surface area (Å²) in [7, 11) is 4.96. The van der Waals surface area contributed by atoms with Gasteiger partial charge >= 0.3 is 0 Å².